The molecule has 0 aliphatic carbocycles. The summed E-state index contributed by atoms with van der Waals surface area (Å²) in [4.78, 5) is 143. The first-order valence-corrected chi connectivity index (χ1v) is 27.4. The third-order valence-electron chi connectivity index (χ3n) is 13.6. The topological polar surface area (TPSA) is 411 Å². The van der Waals surface area contributed by atoms with Gasteiger partial charge in [-0.2, -0.15) is 0 Å². The summed E-state index contributed by atoms with van der Waals surface area (Å²) in [6.45, 7) is 7.42. The van der Waals surface area contributed by atoms with E-state index in [1.807, 2.05) is 0 Å². The number of hydrogen-bond acceptors (Lipinski definition) is 16. The average molecular weight is 1120 g/mol. The van der Waals surface area contributed by atoms with Crippen LogP contribution in [0.15, 0.2) is 23.2 Å². The summed E-state index contributed by atoms with van der Waals surface area (Å²) in [6.07, 6.45) is -2.61. The number of phenolic OH excluding ortho intramolecular Hbond substituents is 1. The number of rotatable bonds is 14. The molecule has 28 heteroatoms. The van der Waals surface area contributed by atoms with Crippen LogP contribution in [0, 0.1) is 11.8 Å². The molecule has 11 atom stereocenters. The fourth-order valence-electron chi connectivity index (χ4n) is 9.09. The zero-order chi connectivity index (χ0) is 57.6. The third kappa shape index (κ3) is 17.4. The van der Waals surface area contributed by atoms with Crippen LogP contribution in [0.25, 0.3) is 10.9 Å². The van der Waals surface area contributed by atoms with E-state index < -0.39 is 188 Å². The molecule has 0 radical (unpaired) electrons. The van der Waals surface area contributed by atoms with Crippen molar-refractivity contribution in [3.63, 3.8) is 0 Å². The highest BCUT2D eigenvalue weighted by molar-refractivity contribution is 7.91. The first-order chi connectivity index (χ1) is 36.8. The number of aromatic amines is 1. The Bertz CT molecular complexity index is 2520. The number of carbonyl (C=O) groups is 10. The van der Waals surface area contributed by atoms with Gasteiger partial charge in [0, 0.05) is 66.6 Å². The number of hydrogen-bond donors (Lipinski definition) is 14. The van der Waals surface area contributed by atoms with Crippen molar-refractivity contribution >= 4 is 81.3 Å². The van der Waals surface area contributed by atoms with E-state index in [4.69, 9.17) is 4.74 Å². The highest BCUT2D eigenvalue weighted by atomic mass is 32.2. The van der Waals surface area contributed by atoms with Gasteiger partial charge in [0.2, 0.25) is 58.2 Å². The quantitative estimate of drug-likeness (QED) is 0.0654. The molecule has 4 heterocycles. The van der Waals surface area contributed by atoms with Gasteiger partial charge < -0.3 is 87.5 Å². The summed E-state index contributed by atoms with van der Waals surface area (Å²) in [7, 11) is 0. The molecule has 432 valence electrons. The number of nitrogens with one attached hydrogen (secondary N) is 10. The SMILES string of the molecule is CC[C@H](C)[C@@H]1NC(=O)CNC(=O)[C@H]2Cc3c([nH]c4cc(O)ccc34)[S@+]([O-])CC(NC(=O)CNC1=O)C(=O)N[C@@H](CC(=O)NCCCCCCNC(=O)OC(C)(C)C)C(=O)N1CC(O)C[C@H]1C(=O)N[C@@H]([C@@H](C)[C@@H](O)CO)C(=O)N2. The molecule has 2 aromatic rings. The largest absolute Gasteiger partial charge is 0.610 e. The Hall–Kier alpha value is -6.75. The van der Waals surface area contributed by atoms with Crippen LogP contribution < -0.4 is 47.9 Å². The zero-order valence-corrected chi connectivity index (χ0v) is 45.5. The van der Waals surface area contributed by atoms with E-state index in [1.165, 1.54) is 25.1 Å². The minimum atomic E-state index is -2.41. The van der Waals surface area contributed by atoms with Crippen LogP contribution in [0.3, 0.4) is 0 Å². The molecule has 1 aromatic carbocycles. The van der Waals surface area contributed by atoms with Gasteiger partial charge in [0.05, 0.1) is 43.8 Å². The smallest absolute Gasteiger partial charge is 0.407 e. The second-order valence-corrected chi connectivity index (χ2v) is 22.3. The lowest BCUT2D eigenvalue weighted by molar-refractivity contribution is -0.144. The second kappa shape index (κ2) is 28.2. The number of benzene rings is 1. The molecule has 3 aliphatic heterocycles. The number of fused-ring (bicyclic) bond motifs is 5. The Labute approximate surface area is 453 Å². The van der Waals surface area contributed by atoms with E-state index in [0.29, 0.717) is 38.6 Å². The Morgan fingerprint density at radius 1 is 0.833 bits per heavy atom. The van der Waals surface area contributed by atoms with E-state index in [-0.39, 0.29) is 33.8 Å². The van der Waals surface area contributed by atoms with Gasteiger partial charge in [0.25, 0.3) is 0 Å². The lowest BCUT2D eigenvalue weighted by atomic mass is 9.93. The molecule has 10 amide bonds. The molecule has 0 spiro atoms. The van der Waals surface area contributed by atoms with E-state index in [2.05, 4.69) is 52.8 Å². The van der Waals surface area contributed by atoms with Crippen LogP contribution in [-0.2, 0) is 65.5 Å². The molecule has 1 aromatic heterocycles. The van der Waals surface area contributed by atoms with Crippen LogP contribution in [0.1, 0.15) is 92.1 Å². The average Bonchev–Trinajstić information content (AvgIpc) is 3.98. The summed E-state index contributed by atoms with van der Waals surface area (Å²) in [5.41, 5.74) is -0.420. The van der Waals surface area contributed by atoms with Gasteiger partial charge >= 0.3 is 6.09 Å². The minimum absolute atomic E-state index is 0.0758. The molecule has 1 saturated heterocycles. The number of H-pyrrole nitrogens is 1. The number of amides is 10. The molecular weight excluding hydrogens is 1040 g/mol. The normalized spacial score (nSPS) is 25.6. The fraction of sp³-hybridized carbons (Fsp3) is 0.640. The van der Waals surface area contributed by atoms with Gasteiger partial charge in [-0.05, 0) is 51.7 Å². The number of aliphatic hydroxyl groups excluding tert-OH is 3. The first kappa shape index (κ1) is 62.1. The summed E-state index contributed by atoms with van der Waals surface area (Å²) in [6, 6.07) is -6.07. The number of aliphatic hydroxyl groups is 3. The van der Waals surface area contributed by atoms with Crippen molar-refractivity contribution in [2.75, 3.05) is 45.1 Å². The Morgan fingerprint density at radius 2 is 1.49 bits per heavy atom. The predicted molar refractivity (Wildman–Crippen MR) is 279 cm³/mol. The number of carbonyl (C=O) groups excluding carboxylic acids is 10. The highest BCUT2D eigenvalue weighted by Gasteiger charge is 2.45. The molecule has 3 aliphatic rings. The maximum absolute atomic E-state index is 14.9. The number of unbranched alkanes of at least 4 members (excludes halogenated alkanes) is 3. The number of aromatic hydroxyl groups is 1. The number of alkyl carbamates (subject to hydrolysis) is 1. The van der Waals surface area contributed by atoms with Crippen molar-refractivity contribution in [2.45, 2.75) is 152 Å². The van der Waals surface area contributed by atoms with Crippen LogP contribution in [0.4, 0.5) is 4.79 Å². The number of aromatic nitrogens is 1. The van der Waals surface area contributed by atoms with Crippen molar-refractivity contribution in [1.29, 1.82) is 0 Å². The standard InChI is InChI=1S/C50H75N11O16S/c1-7-25(2)40-45(72)54-20-38(67)55-34-24-78(76)47-30(29-13-12-27(63)16-31(29)58-47)18-32(42(69)53-21-39(68)59-40)56-46(73)41(26(3)36(65)23-62)60-44(71)35-17-28(64)22-61(35)48(74)33(57-43(34)70)19-37(66)51-14-10-8-9-11-15-52-49(75)77-50(4,5)6/h12-13,16,25-26,28,32-36,40-41,58,62-65H,7-11,14-15,17-24H2,1-6H3,(H,51,66)(H,52,75)(H,53,69)(H,54,72)(H,55,67)(H,56,73)(H,57,70)(H,59,68)(H,60,71)/t25-,26-,28?,32+,33-,34?,35-,36-,40-,41-,78+/m0/s1. The van der Waals surface area contributed by atoms with E-state index in [1.54, 1.807) is 34.6 Å². The van der Waals surface area contributed by atoms with Crippen LogP contribution >= 0.6 is 0 Å². The number of nitrogens with zero attached hydrogens (tertiary/aromatic N) is 1. The summed E-state index contributed by atoms with van der Waals surface area (Å²) >= 11 is -2.41. The van der Waals surface area contributed by atoms with Gasteiger partial charge in [0.1, 0.15) is 47.3 Å². The molecule has 0 saturated carbocycles. The third-order valence-corrected chi connectivity index (χ3v) is 15.1. The zero-order valence-electron chi connectivity index (χ0n) is 44.7. The monoisotopic (exact) mass is 1120 g/mol. The summed E-state index contributed by atoms with van der Waals surface area (Å²) in [5, 5.41) is 65.2. The van der Waals surface area contributed by atoms with Gasteiger partial charge in [0.15, 0.2) is 6.04 Å². The van der Waals surface area contributed by atoms with Crippen LogP contribution in [-0.4, -0.2) is 193 Å². The van der Waals surface area contributed by atoms with Crippen molar-refractivity contribution in [2.24, 2.45) is 11.8 Å². The Kier molecular flexibility index (Phi) is 22.5. The van der Waals surface area contributed by atoms with E-state index in [9.17, 15) is 72.9 Å². The van der Waals surface area contributed by atoms with Gasteiger partial charge in [-0.1, -0.05) is 40.0 Å². The number of phenols is 1. The minimum Gasteiger partial charge on any atom is -0.610 e. The summed E-state index contributed by atoms with van der Waals surface area (Å²) < 4.78 is 20.1. The Balaban J connectivity index is 1.58. The molecule has 1 fully saturated rings. The van der Waals surface area contributed by atoms with Gasteiger partial charge in [-0.15, -0.1) is 0 Å². The molecular formula is C50H75N11O16S. The van der Waals surface area contributed by atoms with Crippen molar-refractivity contribution < 1.29 is 77.7 Å². The van der Waals surface area contributed by atoms with Gasteiger partial charge in [-0.3, -0.25) is 43.2 Å². The van der Waals surface area contributed by atoms with E-state index in [0.717, 1.165) is 4.90 Å². The van der Waals surface area contributed by atoms with Crippen molar-refractivity contribution in [3.05, 3.63) is 23.8 Å². The predicted octanol–water partition coefficient (Wildman–Crippen LogP) is -3.20. The highest BCUT2D eigenvalue weighted by Crippen LogP contribution is 2.31. The molecule has 2 bridgehead atoms. The molecule has 14 N–H and O–H groups in total. The maximum atomic E-state index is 14.9. The molecule has 5 rings (SSSR count). The molecule has 78 heavy (non-hydrogen) atoms. The second-order valence-electron chi connectivity index (χ2n) is 20.9. The summed E-state index contributed by atoms with van der Waals surface area (Å²) in [5.74, 6) is -11.7. The Morgan fingerprint density at radius 3 is 2.14 bits per heavy atom. The van der Waals surface area contributed by atoms with Crippen molar-refractivity contribution in [1.82, 2.24) is 57.7 Å². The fourth-order valence-corrected chi connectivity index (χ4v) is 10.5. The molecule has 2 unspecified atom stereocenters. The first-order valence-electron chi connectivity index (χ1n) is 26.1. The van der Waals surface area contributed by atoms with Crippen molar-refractivity contribution in [3.8, 4) is 5.75 Å². The lowest BCUT2D eigenvalue weighted by Gasteiger charge is -2.33. The van der Waals surface area contributed by atoms with Crippen LogP contribution in [0.5, 0.6) is 5.75 Å². The van der Waals surface area contributed by atoms with E-state index >= 15 is 0 Å². The maximum Gasteiger partial charge on any atom is 0.407 e. The number of ether oxygens (including phenoxy) is 1. The van der Waals surface area contributed by atoms with Crippen LogP contribution in [0.2, 0.25) is 0 Å². The van der Waals surface area contributed by atoms with Gasteiger partial charge in [-0.25, -0.2) is 4.79 Å². The molecule has 27 nitrogen and oxygen atoms in total. The lowest BCUT2D eigenvalue weighted by Crippen LogP contribution is -2.62.